The van der Waals surface area contributed by atoms with Crippen molar-refractivity contribution in [1.29, 1.82) is 0 Å². The van der Waals surface area contributed by atoms with E-state index < -0.39 is 0 Å². The Balaban J connectivity index is 2.18. The van der Waals surface area contributed by atoms with Crippen LogP contribution in [0.15, 0.2) is 22.9 Å². The molecule has 0 aliphatic carbocycles. The minimum absolute atomic E-state index is 0.143. The average Bonchev–Trinajstić information content (AvgIpc) is 2.88. The standard InChI is InChI=1S/C10H11BrN4OS/c1-2-3-15-6-7(11)4-8(15)10(16)13-9-5-12-14-17-9/h4-6H,2-3H2,1H3,(H,13,16). The number of aromatic nitrogens is 3. The minimum Gasteiger partial charge on any atom is -0.342 e. The van der Waals surface area contributed by atoms with Crippen LogP contribution in [-0.4, -0.2) is 20.1 Å². The maximum Gasteiger partial charge on any atom is 0.273 e. The highest BCUT2D eigenvalue weighted by atomic mass is 79.9. The Morgan fingerprint density at radius 1 is 1.65 bits per heavy atom. The summed E-state index contributed by atoms with van der Waals surface area (Å²) in [6.45, 7) is 2.89. The first-order valence-electron chi connectivity index (χ1n) is 5.15. The highest BCUT2D eigenvalue weighted by molar-refractivity contribution is 9.10. The lowest BCUT2D eigenvalue weighted by Gasteiger charge is -2.06. The number of carbonyl (C=O) groups excluding carboxylic acids is 1. The van der Waals surface area contributed by atoms with Gasteiger partial charge in [0.05, 0.1) is 6.20 Å². The third kappa shape index (κ3) is 2.92. The molecular formula is C10H11BrN4OS. The highest BCUT2D eigenvalue weighted by Gasteiger charge is 2.13. The van der Waals surface area contributed by atoms with E-state index in [2.05, 4.69) is 37.8 Å². The van der Waals surface area contributed by atoms with Crippen molar-refractivity contribution in [1.82, 2.24) is 14.2 Å². The first-order valence-corrected chi connectivity index (χ1v) is 6.71. The molecule has 1 N–H and O–H groups in total. The summed E-state index contributed by atoms with van der Waals surface area (Å²) < 4.78 is 6.52. The van der Waals surface area contributed by atoms with Gasteiger partial charge in [0.25, 0.3) is 5.91 Å². The fraction of sp³-hybridized carbons (Fsp3) is 0.300. The van der Waals surface area contributed by atoms with E-state index in [4.69, 9.17) is 0 Å². The minimum atomic E-state index is -0.143. The van der Waals surface area contributed by atoms with Crippen molar-refractivity contribution in [2.75, 3.05) is 5.32 Å². The van der Waals surface area contributed by atoms with Crippen LogP contribution < -0.4 is 5.32 Å². The zero-order valence-electron chi connectivity index (χ0n) is 9.18. The number of halogens is 1. The van der Waals surface area contributed by atoms with Crippen LogP contribution in [0.1, 0.15) is 23.8 Å². The van der Waals surface area contributed by atoms with Gasteiger partial charge in [-0.3, -0.25) is 4.79 Å². The predicted molar refractivity (Wildman–Crippen MR) is 70.3 cm³/mol. The molecule has 0 saturated carbocycles. The monoisotopic (exact) mass is 314 g/mol. The average molecular weight is 315 g/mol. The van der Waals surface area contributed by atoms with Crippen molar-refractivity contribution in [3.05, 3.63) is 28.6 Å². The Labute approximate surface area is 111 Å². The van der Waals surface area contributed by atoms with Gasteiger partial charge in [-0.05, 0) is 28.4 Å². The van der Waals surface area contributed by atoms with Crippen molar-refractivity contribution >= 4 is 38.4 Å². The first kappa shape index (κ1) is 12.3. The number of hydrogen-bond acceptors (Lipinski definition) is 4. The highest BCUT2D eigenvalue weighted by Crippen LogP contribution is 2.18. The molecule has 90 valence electrons. The Kier molecular flexibility index (Phi) is 3.90. The molecule has 2 rings (SSSR count). The van der Waals surface area contributed by atoms with Crippen molar-refractivity contribution in [2.45, 2.75) is 19.9 Å². The van der Waals surface area contributed by atoms with Gasteiger partial charge in [0.1, 0.15) is 10.7 Å². The van der Waals surface area contributed by atoms with Gasteiger partial charge in [0.15, 0.2) is 0 Å². The number of amides is 1. The van der Waals surface area contributed by atoms with Crippen LogP contribution >= 0.6 is 27.5 Å². The molecule has 5 nitrogen and oxygen atoms in total. The van der Waals surface area contributed by atoms with Crippen LogP contribution in [0.5, 0.6) is 0 Å². The molecule has 0 unspecified atom stereocenters. The van der Waals surface area contributed by atoms with Gasteiger partial charge in [0.2, 0.25) is 0 Å². The summed E-state index contributed by atoms with van der Waals surface area (Å²) in [4.78, 5) is 12.0. The maximum absolute atomic E-state index is 12.0. The SMILES string of the molecule is CCCn1cc(Br)cc1C(=O)Nc1cnns1. The van der Waals surface area contributed by atoms with E-state index >= 15 is 0 Å². The number of anilines is 1. The fourth-order valence-corrected chi connectivity index (χ4v) is 2.37. The van der Waals surface area contributed by atoms with E-state index in [9.17, 15) is 4.79 Å². The van der Waals surface area contributed by atoms with Gasteiger partial charge in [-0.15, -0.1) is 5.10 Å². The van der Waals surface area contributed by atoms with E-state index in [1.165, 1.54) is 6.20 Å². The fourth-order valence-electron chi connectivity index (χ4n) is 1.49. The molecule has 2 aromatic rings. The molecule has 0 aromatic carbocycles. The van der Waals surface area contributed by atoms with Crippen molar-refractivity contribution < 1.29 is 4.79 Å². The smallest absolute Gasteiger partial charge is 0.273 e. The maximum atomic E-state index is 12.0. The third-order valence-electron chi connectivity index (χ3n) is 2.16. The summed E-state index contributed by atoms with van der Waals surface area (Å²) in [6.07, 6.45) is 4.41. The van der Waals surface area contributed by atoms with Gasteiger partial charge in [-0.1, -0.05) is 11.4 Å². The van der Waals surface area contributed by atoms with E-state index in [0.29, 0.717) is 10.7 Å². The first-order chi connectivity index (χ1) is 8.20. The number of hydrogen-bond donors (Lipinski definition) is 1. The summed E-state index contributed by atoms with van der Waals surface area (Å²) >= 11 is 4.53. The zero-order chi connectivity index (χ0) is 12.3. The Morgan fingerprint density at radius 2 is 2.47 bits per heavy atom. The molecule has 2 aromatic heterocycles. The normalized spacial score (nSPS) is 10.5. The van der Waals surface area contributed by atoms with Gasteiger partial charge in [-0.2, -0.15) is 0 Å². The summed E-state index contributed by atoms with van der Waals surface area (Å²) in [5.74, 6) is -0.143. The van der Waals surface area contributed by atoms with Crippen LogP contribution in [0.4, 0.5) is 5.00 Å². The van der Waals surface area contributed by atoms with Gasteiger partial charge in [-0.25, -0.2) is 0 Å². The molecule has 2 heterocycles. The van der Waals surface area contributed by atoms with Crippen LogP contribution in [0, 0.1) is 0 Å². The molecule has 17 heavy (non-hydrogen) atoms. The molecule has 0 aliphatic rings. The Hall–Kier alpha value is -1.21. The summed E-state index contributed by atoms with van der Waals surface area (Å²) in [5, 5.41) is 7.08. The second-order valence-corrected chi connectivity index (χ2v) is 5.17. The van der Waals surface area contributed by atoms with Gasteiger partial charge < -0.3 is 9.88 Å². The molecular weight excluding hydrogens is 304 g/mol. The molecule has 0 saturated heterocycles. The van der Waals surface area contributed by atoms with Crippen LogP contribution in [0.3, 0.4) is 0 Å². The van der Waals surface area contributed by atoms with E-state index in [-0.39, 0.29) is 5.91 Å². The summed E-state index contributed by atoms with van der Waals surface area (Å²) in [7, 11) is 0. The Morgan fingerprint density at radius 3 is 3.12 bits per heavy atom. The van der Waals surface area contributed by atoms with Crippen molar-refractivity contribution in [2.24, 2.45) is 0 Å². The quantitative estimate of drug-likeness (QED) is 0.944. The van der Waals surface area contributed by atoms with E-state index in [1.807, 2.05) is 10.8 Å². The Bertz CT molecular complexity index is 508. The third-order valence-corrected chi connectivity index (χ3v) is 3.17. The van der Waals surface area contributed by atoms with E-state index in [0.717, 1.165) is 29.0 Å². The van der Waals surface area contributed by atoms with Crippen LogP contribution in [-0.2, 0) is 6.54 Å². The lowest BCUT2D eigenvalue weighted by Crippen LogP contribution is -2.16. The second-order valence-electron chi connectivity index (χ2n) is 3.47. The molecule has 0 radical (unpaired) electrons. The molecule has 1 amide bonds. The number of carbonyl (C=O) groups is 1. The van der Waals surface area contributed by atoms with Crippen LogP contribution in [0.2, 0.25) is 0 Å². The largest absolute Gasteiger partial charge is 0.342 e. The van der Waals surface area contributed by atoms with Gasteiger partial charge >= 0.3 is 0 Å². The molecule has 7 heteroatoms. The number of nitrogens with zero attached hydrogens (tertiary/aromatic N) is 3. The summed E-state index contributed by atoms with van der Waals surface area (Å²) in [6, 6.07) is 1.81. The number of aryl methyl sites for hydroxylation is 1. The van der Waals surface area contributed by atoms with E-state index in [1.54, 1.807) is 6.07 Å². The molecule has 0 spiro atoms. The topological polar surface area (TPSA) is 59.8 Å². The lowest BCUT2D eigenvalue weighted by molar-refractivity contribution is 0.101. The van der Waals surface area contributed by atoms with Crippen molar-refractivity contribution in [3.8, 4) is 0 Å². The molecule has 0 fully saturated rings. The molecule has 0 bridgehead atoms. The summed E-state index contributed by atoms with van der Waals surface area (Å²) in [5.41, 5.74) is 0.632. The number of nitrogens with one attached hydrogen (secondary N) is 1. The van der Waals surface area contributed by atoms with Crippen molar-refractivity contribution in [3.63, 3.8) is 0 Å². The second kappa shape index (κ2) is 5.42. The number of rotatable bonds is 4. The van der Waals surface area contributed by atoms with Crippen LogP contribution in [0.25, 0.3) is 0 Å². The zero-order valence-corrected chi connectivity index (χ0v) is 11.6. The predicted octanol–water partition coefficient (Wildman–Crippen LogP) is 2.76. The van der Waals surface area contributed by atoms with Gasteiger partial charge in [0, 0.05) is 28.7 Å². The lowest BCUT2D eigenvalue weighted by atomic mass is 10.4. The molecule has 0 aliphatic heterocycles. The molecule has 0 atom stereocenters.